The molecule has 3 rings (SSSR count). The Morgan fingerprint density at radius 2 is 2.11 bits per heavy atom. The fraction of sp³-hybridized carbons (Fsp3) is 0.533. The zero-order chi connectivity index (χ0) is 13.4. The molecule has 0 radical (unpaired) electrons. The van der Waals surface area contributed by atoms with Crippen molar-refractivity contribution in [1.29, 1.82) is 0 Å². The van der Waals surface area contributed by atoms with Gasteiger partial charge in [0.05, 0.1) is 11.2 Å². The van der Waals surface area contributed by atoms with Gasteiger partial charge in [0.25, 0.3) is 0 Å². The molecule has 2 heterocycles. The molecule has 1 aliphatic heterocycles. The Balaban J connectivity index is 1.89. The highest BCUT2D eigenvalue weighted by atomic mass is 15.3. The van der Waals surface area contributed by atoms with Gasteiger partial charge in [-0.3, -0.25) is 9.58 Å². The zero-order valence-electron chi connectivity index (χ0n) is 11.7. The summed E-state index contributed by atoms with van der Waals surface area (Å²) in [6, 6.07) is 8.79. The lowest BCUT2D eigenvalue weighted by Crippen LogP contribution is -2.28. The molecule has 4 heteroatoms. The summed E-state index contributed by atoms with van der Waals surface area (Å²) >= 11 is 0. The number of hydrogen-bond donors (Lipinski definition) is 1. The third-order valence-electron chi connectivity index (χ3n) is 4.15. The molecule has 1 saturated heterocycles. The van der Waals surface area contributed by atoms with E-state index in [1.807, 2.05) is 0 Å². The number of hydrogen-bond acceptors (Lipinski definition) is 3. The van der Waals surface area contributed by atoms with E-state index >= 15 is 0 Å². The number of nitrogens with zero attached hydrogens (tertiary/aromatic N) is 3. The molecule has 1 aromatic carbocycles. The Bertz CT molecular complexity index is 565. The van der Waals surface area contributed by atoms with E-state index in [0.29, 0.717) is 12.0 Å². The summed E-state index contributed by atoms with van der Waals surface area (Å²) in [7, 11) is 0. The van der Waals surface area contributed by atoms with Crippen LogP contribution < -0.4 is 5.73 Å². The van der Waals surface area contributed by atoms with Crippen molar-refractivity contribution in [3.63, 3.8) is 0 Å². The van der Waals surface area contributed by atoms with Gasteiger partial charge < -0.3 is 5.73 Å². The normalized spacial score (nSPS) is 24.4. The molecule has 0 saturated carbocycles. The average molecular weight is 258 g/mol. The zero-order valence-corrected chi connectivity index (χ0v) is 11.7. The molecule has 1 aromatic heterocycles. The topological polar surface area (TPSA) is 47.1 Å². The van der Waals surface area contributed by atoms with Crippen LogP contribution in [0.15, 0.2) is 24.3 Å². The van der Waals surface area contributed by atoms with Crippen LogP contribution in [0.4, 0.5) is 0 Å². The van der Waals surface area contributed by atoms with Crippen LogP contribution in [0.3, 0.4) is 0 Å². The molecule has 2 unspecified atom stereocenters. The molecule has 102 valence electrons. The third kappa shape index (κ3) is 2.26. The number of rotatable bonds is 3. The van der Waals surface area contributed by atoms with Crippen molar-refractivity contribution < 1.29 is 0 Å². The first-order valence-corrected chi connectivity index (χ1v) is 7.11. The van der Waals surface area contributed by atoms with Gasteiger partial charge in [0.2, 0.25) is 0 Å². The Labute approximate surface area is 114 Å². The van der Waals surface area contributed by atoms with Crippen LogP contribution in [-0.4, -0.2) is 33.8 Å². The minimum absolute atomic E-state index is 0.305. The summed E-state index contributed by atoms with van der Waals surface area (Å²) in [4.78, 5) is 2.42. The third-order valence-corrected chi connectivity index (χ3v) is 4.15. The highest BCUT2D eigenvalue weighted by Crippen LogP contribution is 2.22. The molecular weight excluding hydrogens is 236 g/mol. The lowest BCUT2D eigenvalue weighted by Gasteiger charge is -2.13. The largest absolute Gasteiger partial charge is 0.326 e. The predicted octanol–water partition coefficient (Wildman–Crippen LogP) is 1.84. The van der Waals surface area contributed by atoms with E-state index in [0.717, 1.165) is 26.2 Å². The minimum Gasteiger partial charge on any atom is -0.326 e. The number of para-hydroxylation sites is 1. The van der Waals surface area contributed by atoms with Crippen molar-refractivity contribution in [3.8, 4) is 0 Å². The van der Waals surface area contributed by atoms with E-state index < -0.39 is 0 Å². The molecule has 4 nitrogen and oxygen atoms in total. The van der Waals surface area contributed by atoms with Gasteiger partial charge in [-0.15, -0.1) is 0 Å². The molecular formula is C15H22N4. The summed E-state index contributed by atoms with van der Waals surface area (Å²) in [6.07, 6.45) is 0. The standard InChI is InChI=1S/C15H22N4/c1-3-19-15-7-5-4-6-12(15)14(17-19)10-18-8-11(2)13(16)9-18/h4-7,11,13H,3,8-10,16H2,1-2H3. The molecule has 2 aromatic rings. The highest BCUT2D eigenvalue weighted by molar-refractivity contribution is 5.81. The molecule has 19 heavy (non-hydrogen) atoms. The van der Waals surface area contributed by atoms with Gasteiger partial charge in [0, 0.05) is 37.6 Å². The predicted molar refractivity (Wildman–Crippen MR) is 77.8 cm³/mol. The highest BCUT2D eigenvalue weighted by Gasteiger charge is 2.27. The van der Waals surface area contributed by atoms with Crippen molar-refractivity contribution in [1.82, 2.24) is 14.7 Å². The second-order valence-electron chi connectivity index (χ2n) is 5.61. The molecule has 0 spiro atoms. The Morgan fingerprint density at radius 3 is 2.79 bits per heavy atom. The van der Waals surface area contributed by atoms with E-state index in [-0.39, 0.29) is 0 Å². The fourth-order valence-electron chi connectivity index (χ4n) is 2.99. The number of benzene rings is 1. The molecule has 1 aliphatic rings. The van der Waals surface area contributed by atoms with Gasteiger partial charge in [0.15, 0.2) is 0 Å². The molecule has 0 aliphatic carbocycles. The maximum atomic E-state index is 6.10. The van der Waals surface area contributed by atoms with Gasteiger partial charge >= 0.3 is 0 Å². The number of fused-ring (bicyclic) bond motifs is 1. The van der Waals surface area contributed by atoms with Gasteiger partial charge in [-0.05, 0) is 18.9 Å². The van der Waals surface area contributed by atoms with Gasteiger partial charge in [0.1, 0.15) is 0 Å². The molecule has 2 atom stereocenters. The Morgan fingerprint density at radius 1 is 1.32 bits per heavy atom. The second kappa shape index (κ2) is 4.94. The maximum absolute atomic E-state index is 6.10. The lowest BCUT2D eigenvalue weighted by atomic mass is 10.1. The smallest absolute Gasteiger partial charge is 0.0843 e. The summed E-state index contributed by atoms with van der Waals surface area (Å²) in [5.41, 5.74) is 8.51. The summed E-state index contributed by atoms with van der Waals surface area (Å²) in [5, 5.41) is 6.03. The summed E-state index contributed by atoms with van der Waals surface area (Å²) < 4.78 is 2.09. The van der Waals surface area contributed by atoms with E-state index in [9.17, 15) is 0 Å². The fourth-order valence-corrected chi connectivity index (χ4v) is 2.99. The average Bonchev–Trinajstić information content (AvgIpc) is 2.92. The number of aryl methyl sites for hydroxylation is 1. The molecule has 2 N–H and O–H groups in total. The van der Waals surface area contributed by atoms with Crippen LogP contribution in [0.2, 0.25) is 0 Å². The summed E-state index contributed by atoms with van der Waals surface area (Å²) in [5.74, 6) is 0.583. The van der Waals surface area contributed by atoms with Crippen LogP contribution in [0, 0.1) is 5.92 Å². The van der Waals surface area contributed by atoms with Crippen molar-refractivity contribution >= 4 is 10.9 Å². The van der Waals surface area contributed by atoms with Gasteiger partial charge in [-0.2, -0.15) is 5.10 Å². The lowest BCUT2D eigenvalue weighted by molar-refractivity contribution is 0.314. The first kappa shape index (κ1) is 12.6. The van der Waals surface area contributed by atoms with Gasteiger partial charge in [-0.25, -0.2) is 0 Å². The minimum atomic E-state index is 0.305. The first-order chi connectivity index (χ1) is 9.19. The van der Waals surface area contributed by atoms with Crippen molar-refractivity contribution in [2.75, 3.05) is 13.1 Å². The molecule has 1 fully saturated rings. The monoisotopic (exact) mass is 258 g/mol. The van der Waals surface area contributed by atoms with E-state index in [1.165, 1.54) is 16.6 Å². The quantitative estimate of drug-likeness (QED) is 0.913. The maximum Gasteiger partial charge on any atom is 0.0843 e. The second-order valence-corrected chi connectivity index (χ2v) is 5.61. The van der Waals surface area contributed by atoms with E-state index in [1.54, 1.807) is 0 Å². The van der Waals surface area contributed by atoms with Crippen LogP contribution in [0.5, 0.6) is 0 Å². The van der Waals surface area contributed by atoms with E-state index in [2.05, 4.69) is 47.7 Å². The van der Waals surface area contributed by atoms with Crippen molar-refractivity contribution in [2.45, 2.75) is 33.0 Å². The Hall–Kier alpha value is -1.39. The number of likely N-dealkylation sites (tertiary alicyclic amines) is 1. The van der Waals surface area contributed by atoms with Crippen LogP contribution in [0.1, 0.15) is 19.5 Å². The van der Waals surface area contributed by atoms with Crippen LogP contribution in [-0.2, 0) is 13.1 Å². The SMILES string of the molecule is CCn1nc(CN2CC(C)C(N)C2)c2ccccc21. The first-order valence-electron chi connectivity index (χ1n) is 7.11. The van der Waals surface area contributed by atoms with Crippen LogP contribution >= 0.6 is 0 Å². The van der Waals surface area contributed by atoms with Crippen molar-refractivity contribution in [2.24, 2.45) is 11.7 Å². The van der Waals surface area contributed by atoms with Crippen molar-refractivity contribution in [3.05, 3.63) is 30.0 Å². The van der Waals surface area contributed by atoms with E-state index in [4.69, 9.17) is 10.8 Å². The Kier molecular flexibility index (Phi) is 3.29. The van der Waals surface area contributed by atoms with Crippen LogP contribution in [0.25, 0.3) is 10.9 Å². The number of aromatic nitrogens is 2. The molecule has 0 bridgehead atoms. The molecule has 0 amide bonds. The van der Waals surface area contributed by atoms with Gasteiger partial charge in [-0.1, -0.05) is 25.1 Å². The number of nitrogens with two attached hydrogens (primary N) is 1. The summed E-state index contributed by atoms with van der Waals surface area (Å²) in [6.45, 7) is 8.25.